The summed E-state index contributed by atoms with van der Waals surface area (Å²) in [4.78, 5) is 29.2. The van der Waals surface area contributed by atoms with Crippen molar-refractivity contribution in [1.82, 2.24) is 9.88 Å². The van der Waals surface area contributed by atoms with Crippen molar-refractivity contribution in [1.29, 1.82) is 0 Å². The maximum atomic E-state index is 12.9. The van der Waals surface area contributed by atoms with Crippen molar-refractivity contribution in [3.05, 3.63) is 29.8 Å². The number of carbonyl (C=O) groups is 2. The standard InChI is InChI=1S/C14H17FN2O3/c1-20-13(18)9-17(11-4-2-3-5-11)14(19)12-7-6-10(15)8-16-12/h6-8,11H,2-5,9H2,1H3. The van der Waals surface area contributed by atoms with Gasteiger partial charge in [0.1, 0.15) is 18.1 Å². The number of halogens is 1. The summed E-state index contributed by atoms with van der Waals surface area (Å²) < 4.78 is 17.5. The molecule has 1 aliphatic carbocycles. The lowest BCUT2D eigenvalue weighted by Crippen LogP contribution is -2.43. The van der Waals surface area contributed by atoms with Crippen molar-refractivity contribution in [3.63, 3.8) is 0 Å². The fourth-order valence-electron chi connectivity index (χ4n) is 2.44. The third-order valence-electron chi connectivity index (χ3n) is 3.50. The van der Waals surface area contributed by atoms with Crippen molar-refractivity contribution in [3.8, 4) is 0 Å². The van der Waals surface area contributed by atoms with Gasteiger partial charge in [0.25, 0.3) is 5.91 Å². The first kappa shape index (κ1) is 14.4. The molecule has 1 aromatic heterocycles. The van der Waals surface area contributed by atoms with Gasteiger partial charge < -0.3 is 9.64 Å². The molecule has 108 valence electrons. The molecular formula is C14H17FN2O3. The first-order valence-corrected chi connectivity index (χ1v) is 6.61. The zero-order chi connectivity index (χ0) is 14.5. The highest BCUT2D eigenvalue weighted by molar-refractivity contribution is 5.94. The SMILES string of the molecule is COC(=O)CN(C(=O)c1ccc(F)cn1)C1CCCC1. The van der Waals surface area contributed by atoms with Gasteiger partial charge in [-0.05, 0) is 25.0 Å². The Labute approximate surface area is 116 Å². The van der Waals surface area contributed by atoms with Crippen LogP contribution >= 0.6 is 0 Å². The van der Waals surface area contributed by atoms with E-state index in [9.17, 15) is 14.0 Å². The number of hydrogen-bond acceptors (Lipinski definition) is 4. The van der Waals surface area contributed by atoms with Gasteiger partial charge >= 0.3 is 5.97 Å². The Morgan fingerprint density at radius 3 is 2.65 bits per heavy atom. The fraction of sp³-hybridized carbons (Fsp3) is 0.500. The summed E-state index contributed by atoms with van der Waals surface area (Å²) in [5.41, 5.74) is 0.141. The summed E-state index contributed by atoms with van der Waals surface area (Å²) in [6.07, 6.45) is 4.80. The molecule has 0 bridgehead atoms. The predicted octanol–water partition coefficient (Wildman–Crippen LogP) is 1.78. The van der Waals surface area contributed by atoms with Gasteiger partial charge in [0.15, 0.2) is 0 Å². The maximum absolute atomic E-state index is 12.9. The number of pyridine rings is 1. The second-order valence-electron chi connectivity index (χ2n) is 4.81. The lowest BCUT2D eigenvalue weighted by molar-refractivity contribution is -0.141. The number of carbonyl (C=O) groups excluding carboxylic acids is 2. The Balaban J connectivity index is 2.18. The molecule has 0 saturated heterocycles. The molecule has 20 heavy (non-hydrogen) atoms. The molecule has 1 aromatic rings. The van der Waals surface area contributed by atoms with Crippen molar-refractivity contribution < 1.29 is 18.7 Å². The number of nitrogens with zero attached hydrogens (tertiary/aromatic N) is 2. The Bertz CT molecular complexity index is 484. The number of rotatable bonds is 4. The number of hydrogen-bond donors (Lipinski definition) is 0. The Hall–Kier alpha value is -1.98. The van der Waals surface area contributed by atoms with Gasteiger partial charge in [-0.25, -0.2) is 9.37 Å². The molecule has 2 rings (SSSR count). The van der Waals surface area contributed by atoms with Gasteiger partial charge in [-0.2, -0.15) is 0 Å². The lowest BCUT2D eigenvalue weighted by atomic mass is 10.2. The molecule has 1 aliphatic rings. The minimum absolute atomic E-state index is 0.0217. The molecule has 1 amide bonds. The van der Waals surface area contributed by atoms with E-state index >= 15 is 0 Å². The molecular weight excluding hydrogens is 263 g/mol. The van der Waals surface area contributed by atoms with Crippen LogP contribution < -0.4 is 0 Å². The van der Waals surface area contributed by atoms with Crippen LogP contribution in [0.25, 0.3) is 0 Å². The smallest absolute Gasteiger partial charge is 0.325 e. The molecule has 0 aromatic carbocycles. The zero-order valence-electron chi connectivity index (χ0n) is 11.3. The van der Waals surface area contributed by atoms with Crippen LogP contribution in [0.15, 0.2) is 18.3 Å². The number of aromatic nitrogens is 1. The van der Waals surface area contributed by atoms with E-state index in [0.717, 1.165) is 31.9 Å². The van der Waals surface area contributed by atoms with Crippen LogP contribution in [0.2, 0.25) is 0 Å². The molecule has 1 heterocycles. The molecule has 1 fully saturated rings. The quantitative estimate of drug-likeness (QED) is 0.789. The molecule has 5 nitrogen and oxygen atoms in total. The third kappa shape index (κ3) is 3.31. The summed E-state index contributed by atoms with van der Waals surface area (Å²) in [6, 6.07) is 2.54. The van der Waals surface area contributed by atoms with Gasteiger partial charge in [0, 0.05) is 6.04 Å². The maximum Gasteiger partial charge on any atom is 0.325 e. The van der Waals surface area contributed by atoms with E-state index in [-0.39, 0.29) is 24.2 Å². The average molecular weight is 280 g/mol. The van der Waals surface area contributed by atoms with E-state index in [0.29, 0.717) is 0 Å². The van der Waals surface area contributed by atoms with E-state index < -0.39 is 11.8 Å². The molecule has 6 heteroatoms. The molecule has 0 aliphatic heterocycles. The third-order valence-corrected chi connectivity index (χ3v) is 3.50. The second-order valence-corrected chi connectivity index (χ2v) is 4.81. The zero-order valence-corrected chi connectivity index (χ0v) is 11.3. The van der Waals surface area contributed by atoms with Crippen LogP contribution in [-0.4, -0.2) is 41.5 Å². The number of esters is 1. The van der Waals surface area contributed by atoms with Gasteiger partial charge in [-0.3, -0.25) is 9.59 Å². The van der Waals surface area contributed by atoms with E-state index in [4.69, 9.17) is 0 Å². The van der Waals surface area contributed by atoms with Crippen LogP contribution in [-0.2, 0) is 9.53 Å². The van der Waals surface area contributed by atoms with E-state index in [1.807, 2.05) is 0 Å². The minimum Gasteiger partial charge on any atom is -0.468 e. The van der Waals surface area contributed by atoms with Crippen LogP contribution in [0, 0.1) is 5.82 Å². The first-order valence-electron chi connectivity index (χ1n) is 6.61. The lowest BCUT2D eigenvalue weighted by Gasteiger charge is -2.27. The Morgan fingerprint density at radius 2 is 2.10 bits per heavy atom. The van der Waals surface area contributed by atoms with Crippen molar-refractivity contribution in [2.45, 2.75) is 31.7 Å². The summed E-state index contributed by atoms with van der Waals surface area (Å²) in [6.45, 7) is -0.0982. The number of methoxy groups -OCH3 is 1. The Kier molecular flexibility index (Phi) is 4.65. The largest absolute Gasteiger partial charge is 0.468 e. The van der Waals surface area contributed by atoms with Crippen LogP contribution in [0.4, 0.5) is 4.39 Å². The van der Waals surface area contributed by atoms with Gasteiger partial charge in [0.05, 0.1) is 13.3 Å². The first-order chi connectivity index (χ1) is 9.61. The topological polar surface area (TPSA) is 59.5 Å². The number of ether oxygens (including phenoxy) is 1. The molecule has 0 unspecified atom stereocenters. The monoisotopic (exact) mass is 280 g/mol. The molecule has 0 N–H and O–H groups in total. The van der Waals surface area contributed by atoms with Crippen LogP contribution in [0.5, 0.6) is 0 Å². The highest BCUT2D eigenvalue weighted by Crippen LogP contribution is 2.24. The van der Waals surface area contributed by atoms with Crippen LogP contribution in [0.1, 0.15) is 36.2 Å². The summed E-state index contributed by atoms with van der Waals surface area (Å²) >= 11 is 0. The molecule has 0 atom stereocenters. The highest BCUT2D eigenvalue weighted by atomic mass is 19.1. The van der Waals surface area contributed by atoms with E-state index in [2.05, 4.69) is 9.72 Å². The number of amides is 1. The highest BCUT2D eigenvalue weighted by Gasteiger charge is 2.29. The van der Waals surface area contributed by atoms with E-state index in [1.54, 1.807) is 0 Å². The predicted molar refractivity (Wildman–Crippen MR) is 69.5 cm³/mol. The molecule has 0 radical (unpaired) electrons. The summed E-state index contributed by atoms with van der Waals surface area (Å²) in [5, 5.41) is 0. The summed E-state index contributed by atoms with van der Waals surface area (Å²) in [7, 11) is 1.29. The van der Waals surface area contributed by atoms with Crippen LogP contribution in [0.3, 0.4) is 0 Å². The van der Waals surface area contributed by atoms with Crippen molar-refractivity contribution >= 4 is 11.9 Å². The van der Waals surface area contributed by atoms with Crippen molar-refractivity contribution in [2.75, 3.05) is 13.7 Å². The Morgan fingerprint density at radius 1 is 1.40 bits per heavy atom. The van der Waals surface area contributed by atoms with Crippen molar-refractivity contribution in [2.24, 2.45) is 0 Å². The fourth-order valence-corrected chi connectivity index (χ4v) is 2.44. The minimum atomic E-state index is -0.498. The van der Waals surface area contributed by atoms with Gasteiger partial charge in [-0.1, -0.05) is 12.8 Å². The molecule has 0 spiro atoms. The summed E-state index contributed by atoms with van der Waals surface area (Å²) in [5.74, 6) is -1.32. The van der Waals surface area contributed by atoms with Gasteiger partial charge in [-0.15, -0.1) is 0 Å². The average Bonchev–Trinajstić information content (AvgIpc) is 2.98. The molecule has 1 saturated carbocycles. The second kappa shape index (κ2) is 6.45. The normalized spacial score (nSPS) is 15.1. The van der Waals surface area contributed by atoms with E-state index in [1.165, 1.54) is 24.1 Å². The van der Waals surface area contributed by atoms with Gasteiger partial charge in [0.2, 0.25) is 0 Å².